The Labute approximate surface area is 301 Å². The molecule has 15 heteroatoms. The Morgan fingerprint density at radius 1 is 0.356 bits per heavy atom. The van der Waals surface area contributed by atoms with Crippen molar-refractivity contribution in [2.24, 2.45) is 0 Å². The first-order valence-electron chi connectivity index (χ1n) is 12.2. The van der Waals surface area contributed by atoms with Gasteiger partial charge in [0.25, 0.3) is 11.4 Å². The predicted molar refractivity (Wildman–Crippen MR) is 181 cm³/mol. The van der Waals surface area contributed by atoms with Crippen LogP contribution in [0.25, 0.3) is 33.4 Å². The Bertz CT molecular complexity index is 1490. The van der Waals surface area contributed by atoms with Gasteiger partial charge in [-0.25, -0.2) is 14.4 Å². The zero-order valence-electron chi connectivity index (χ0n) is 22.0. The number of carbonyl (C=O) groups is 3. The summed E-state index contributed by atoms with van der Waals surface area (Å²) in [5.74, 6) is -2.62. The van der Waals surface area contributed by atoms with E-state index in [1.54, 1.807) is 72.8 Å². The van der Waals surface area contributed by atoms with Crippen LogP contribution in [0.1, 0.15) is 0 Å². The number of carbonyl (C=O) groups excluding carboxylic acids is 3. The lowest BCUT2D eigenvalue weighted by Crippen LogP contribution is -2.24. The summed E-state index contributed by atoms with van der Waals surface area (Å²) in [4.78, 5) is 35.8. The van der Waals surface area contributed by atoms with Gasteiger partial charge in [-0.1, -0.05) is 141 Å². The molecule has 0 amide bonds. The molecule has 0 aliphatic carbocycles. The first kappa shape index (κ1) is 35.7. The van der Waals surface area contributed by atoms with Crippen LogP contribution in [0.15, 0.2) is 91.0 Å². The molecule has 0 saturated carbocycles. The van der Waals surface area contributed by atoms with Crippen molar-refractivity contribution in [1.29, 1.82) is 0 Å². The Balaban J connectivity index is 1.70. The summed E-state index contributed by atoms with van der Waals surface area (Å²) in [5, 5.41) is 0. The van der Waals surface area contributed by atoms with E-state index in [4.69, 9.17) is 119 Å². The fraction of sp³-hybridized carbons (Fsp3) is 0.100. The minimum Gasteiger partial charge on any atom is -0.423 e. The maximum atomic E-state index is 11.9. The van der Waals surface area contributed by atoms with E-state index in [2.05, 4.69) is 0 Å². The van der Waals surface area contributed by atoms with Gasteiger partial charge in [0, 0.05) is 0 Å². The Hall–Kier alpha value is -2.10. The van der Waals surface area contributed by atoms with E-state index in [0.29, 0.717) is 0 Å². The SMILES string of the molecule is O=C(Oc1ccc(-c2cc(-c3ccc(OC(=O)C(Cl)(Cl)Cl)cc3)cc(-c3ccc(OC(=O)C(Cl)(Cl)Cl)cc3)c2)cc1)C(Cl)(Cl)Cl. The van der Waals surface area contributed by atoms with Gasteiger partial charge < -0.3 is 14.2 Å². The molecular formula is C30H15Cl9O6. The normalized spacial score (nSPS) is 11.9. The molecule has 0 radical (unpaired) electrons. The van der Waals surface area contributed by atoms with Crippen molar-refractivity contribution >= 4 is 122 Å². The summed E-state index contributed by atoms with van der Waals surface area (Å²) in [7, 11) is 0. The van der Waals surface area contributed by atoms with E-state index >= 15 is 0 Å². The summed E-state index contributed by atoms with van der Waals surface area (Å²) in [6, 6.07) is 25.4. The zero-order valence-corrected chi connectivity index (χ0v) is 28.8. The molecule has 0 heterocycles. The molecule has 0 fully saturated rings. The van der Waals surface area contributed by atoms with Crippen LogP contribution < -0.4 is 14.2 Å². The first-order valence-corrected chi connectivity index (χ1v) is 15.6. The number of hydrogen-bond donors (Lipinski definition) is 0. The second-order valence-electron chi connectivity index (χ2n) is 9.03. The largest absolute Gasteiger partial charge is 0.423 e. The topological polar surface area (TPSA) is 78.9 Å². The van der Waals surface area contributed by atoms with Gasteiger partial charge in [-0.15, -0.1) is 0 Å². The number of ether oxygens (including phenoxy) is 3. The van der Waals surface area contributed by atoms with Gasteiger partial charge in [0.15, 0.2) is 0 Å². The van der Waals surface area contributed by atoms with E-state index in [-0.39, 0.29) is 17.2 Å². The minimum atomic E-state index is -2.23. The Morgan fingerprint density at radius 2 is 0.556 bits per heavy atom. The maximum Gasteiger partial charge on any atom is 0.363 e. The molecule has 0 aromatic heterocycles. The second kappa shape index (κ2) is 14.3. The van der Waals surface area contributed by atoms with E-state index < -0.39 is 29.3 Å². The number of rotatable bonds is 6. The molecule has 4 aromatic carbocycles. The summed E-state index contributed by atoms with van der Waals surface area (Å²) >= 11 is 50.3. The average Bonchev–Trinajstić information content (AvgIpc) is 2.96. The number of hydrogen-bond acceptors (Lipinski definition) is 6. The third kappa shape index (κ3) is 9.94. The Kier molecular flexibility index (Phi) is 11.4. The van der Waals surface area contributed by atoms with Gasteiger partial charge in [-0.2, -0.15) is 0 Å². The van der Waals surface area contributed by atoms with Crippen LogP contribution in [0.4, 0.5) is 0 Å². The van der Waals surface area contributed by atoms with E-state index in [0.717, 1.165) is 33.4 Å². The highest BCUT2D eigenvalue weighted by atomic mass is 35.6. The third-order valence-electron chi connectivity index (χ3n) is 5.82. The number of benzene rings is 4. The van der Waals surface area contributed by atoms with Crippen molar-refractivity contribution in [2.45, 2.75) is 11.4 Å². The lowest BCUT2D eigenvalue weighted by molar-refractivity contribution is -0.134. The fourth-order valence-electron chi connectivity index (χ4n) is 3.77. The van der Waals surface area contributed by atoms with E-state index in [1.165, 1.54) is 0 Å². The van der Waals surface area contributed by atoms with Crippen LogP contribution in [0.3, 0.4) is 0 Å². The first-order chi connectivity index (χ1) is 20.9. The van der Waals surface area contributed by atoms with E-state index in [9.17, 15) is 14.4 Å². The van der Waals surface area contributed by atoms with Crippen LogP contribution in [0.5, 0.6) is 17.2 Å². The van der Waals surface area contributed by atoms with Crippen molar-refractivity contribution in [3.05, 3.63) is 91.0 Å². The molecule has 234 valence electrons. The van der Waals surface area contributed by atoms with Gasteiger partial charge in [0.2, 0.25) is 0 Å². The summed E-state index contributed by atoms with van der Waals surface area (Å²) in [6.45, 7) is 0. The van der Waals surface area contributed by atoms with Crippen LogP contribution in [-0.4, -0.2) is 29.3 Å². The molecule has 0 N–H and O–H groups in total. The van der Waals surface area contributed by atoms with Gasteiger partial charge >= 0.3 is 17.9 Å². The lowest BCUT2D eigenvalue weighted by atomic mass is 9.93. The molecule has 4 rings (SSSR count). The number of halogens is 9. The second-order valence-corrected chi connectivity index (χ2v) is 15.9. The molecule has 0 aliphatic rings. The molecule has 4 aromatic rings. The molecule has 0 aliphatic heterocycles. The molecule has 6 nitrogen and oxygen atoms in total. The number of esters is 3. The van der Waals surface area contributed by atoms with Crippen LogP contribution in [-0.2, 0) is 14.4 Å². The fourth-order valence-corrected chi connectivity index (χ4v) is 4.12. The zero-order chi connectivity index (χ0) is 33.2. The molecule has 0 spiro atoms. The summed E-state index contributed by atoms with van der Waals surface area (Å²) < 4.78 is 8.67. The van der Waals surface area contributed by atoms with Gasteiger partial charge in [-0.05, 0) is 88.0 Å². The lowest BCUT2D eigenvalue weighted by Gasteiger charge is -2.14. The predicted octanol–water partition coefficient (Wildman–Crippen LogP) is 10.5. The van der Waals surface area contributed by atoms with Crippen molar-refractivity contribution in [3.8, 4) is 50.6 Å². The monoisotopic (exact) mass is 786 g/mol. The third-order valence-corrected chi connectivity index (χ3v) is 7.21. The Morgan fingerprint density at radius 3 is 0.733 bits per heavy atom. The summed E-state index contributed by atoms with van der Waals surface area (Å²) in [5.41, 5.74) is 4.61. The molecule has 0 saturated heterocycles. The van der Waals surface area contributed by atoms with E-state index in [1.807, 2.05) is 18.2 Å². The summed E-state index contributed by atoms with van der Waals surface area (Å²) in [6.07, 6.45) is 0. The van der Waals surface area contributed by atoms with Gasteiger partial charge in [-0.3, -0.25) is 0 Å². The van der Waals surface area contributed by atoms with Crippen molar-refractivity contribution in [1.82, 2.24) is 0 Å². The molecule has 0 unspecified atom stereocenters. The van der Waals surface area contributed by atoms with Gasteiger partial charge in [0.05, 0.1) is 0 Å². The maximum absolute atomic E-state index is 11.9. The van der Waals surface area contributed by atoms with Crippen LogP contribution in [0, 0.1) is 0 Å². The minimum absolute atomic E-state index is 0.173. The molecule has 0 atom stereocenters. The van der Waals surface area contributed by atoms with Crippen LogP contribution >= 0.6 is 104 Å². The van der Waals surface area contributed by atoms with Gasteiger partial charge in [0.1, 0.15) is 17.2 Å². The molecule has 0 bridgehead atoms. The average molecular weight is 791 g/mol. The highest BCUT2D eigenvalue weighted by Crippen LogP contribution is 2.36. The van der Waals surface area contributed by atoms with Crippen LogP contribution in [0.2, 0.25) is 0 Å². The number of alkyl halides is 9. The van der Waals surface area contributed by atoms with Crippen molar-refractivity contribution in [2.75, 3.05) is 0 Å². The smallest absolute Gasteiger partial charge is 0.363 e. The highest BCUT2D eigenvalue weighted by Gasteiger charge is 2.34. The molecule has 45 heavy (non-hydrogen) atoms. The van der Waals surface area contributed by atoms with Crippen molar-refractivity contribution in [3.63, 3.8) is 0 Å². The quantitative estimate of drug-likeness (QED) is 0.110. The van der Waals surface area contributed by atoms with Crippen molar-refractivity contribution < 1.29 is 28.6 Å². The standard InChI is InChI=1S/C30H15Cl9O6/c31-28(32,33)25(40)43-22-7-1-16(2-8-22)19-13-20(17-3-9-23(10-4-17)44-26(41)29(34,35)36)15-21(14-19)18-5-11-24(12-6-18)45-27(42)30(37,38)39/h1-15H. The molecular weight excluding hydrogens is 775 g/mol. The highest BCUT2D eigenvalue weighted by molar-refractivity contribution is 6.76.